The Morgan fingerprint density at radius 2 is 2.00 bits per heavy atom. The fraction of sp³-hybridized carbons (Fsp3) is 0.350. The highest BCUT2D eigenvalue weighted by Gasteiger charge is 2.23. The Labute approximate surface area is 151 Å². The van der Waals surface area contributed by atoms with Crippen molar-refractivity contribution in [3.05, 3.63) is 58.9 Å². The van der Waals surface area contributed by atoms with Crippen molar-refractivity contribution < 1.29 is 9.13 Å². The van der Waals surface area contributed by atoms with E-state index in [0.29, 0.717) is 11.7 Å². The van der Waals surface area contributed by atoms with Crippen molar-refractivity contribution in [1.29, 1.82) is 0 Å². The van der Waals surface area contributed by atoms with Crippen molar-refractivity contribution >= 4 is 21.6 Å². The third-order valence-corrected chi connectivity index (χ3v) is 6.07. The number of ether oxygens (including phenoxy) is 1. The number of thiazole rings is 1. The van der Waals surface area contributed by atoms with Crippen LogP contribution in [-0.2, 0) is 6.54 Å². The number of benzene rings is 2. The lowest BCUT2D eigenvalue weighted by Gasteiger charge is -2.31. The molecule has 2 aromatic carbocycles. The molecule has 1 fully saturated rings. The highest BCUT2D eigenvalue weighted by Crippen LogP contribution is 2.34. The molecule has 0 radical (unpaired) electrons. The molecule has 130 valence electrons. The smallest absolute Gasteiger partial charge is 0.165 e. The van der Waals surface area contributed by atoms with E-state index in [-0.39, 0.29) is 5.82 Å². The number of nitrogens with zero attached hydrogens (tertiary/aromatic N) is 2. The monoisotopic (exact) mass is 356 g/mol. The number of methoxy groups -OCH3 is 1. The molecule has 2 heterocycles. The number of halogens is 1. The van der Waals surface area contributed by atoms with Crippen LogP contribution in [0.25, 0.3) is 10.2 Å². The Morgan fingerprint density at radius 3 is 2.72 bits per heavy atom. The molecule has 5 heteroatoms. The Bertz CT molecular complexity index is 838. The van der Waals surface area contributed by atoms with Crippen molar-refractivity contribution in [1.82, 2.24) is 9.88 Å². The minimum atomic E-state index is -0.288. The Hall–Kier alpha value is -1.98. The number of likely N-dealkylation sites (tertiary alicyclic amines) is 1. The zero-order chi connectivity index (χ0) is 17.2. The maximum atomic E-state index is 13.8. The molecule has 0 aliphatic carbocycles. The first-order valence-corrected chi connectivity index (χ1v) is 9.45. The molecule has 1 aliphatic rings. The van der Waals surface area contributed by atoms with Gasteiger partial charge in [-0.3, -0.25) is 4.90 Å². The number of para-hydroxylation sites is 1. The molecule has 0 N–H and O–H groups in total. The van der Waals surface area contributed by atoms with E-state index in [0.717, 1.165) is 43.6 Å². The normalized spacial score (nSPS) is 16.4. The molecule has 0 atom stereocenters. The largest absolute Gasteiger partial charge is 0.494 e. The summed E-state index contributed by atoms with van der Waals surface area (Å²) in [5.74, 6) is 0.559. The van der Waals surface area contributed by atoms with Crippen molar-refractivity contribution in [2.75, 3.05) is 20.2 Å². The molecule has 3 nitrogen and oxygen atoms in total. The standard InChI is InChI=1S/C20H21FN2OS/c1-24-18-7-6-14(12-16(18)21)13-23-10-8-15(9-11-23)20-22-17-4-2-3-5-19(17)25-20/h2-7,12,15H,8-11,13H2,1H3. The van der Waals surface area contributed by atoms with Crippen molar-refractivity contribution in [3.63, 3.8) is 0 Å². The Balaban J connectivity index is 1.38. The van der Waals surface area contributed by atoms with Gasteiger partial charge in [0.15, 0.2) is 11.6 Å². The molecule has 0 bridgehead atoms. The first kappa shape index (κ1) is 16.5. The van der Waals surface area contributed by atoms with Gasteiger partial charge in [0.25, 0.3) is 0 Å². The lowest BCUT2D eigenvalue weighted by molar-refractivity contribution is 0.204. The topological polar surface area (TPSA) is 25.4 Å². The van der Waals surface area contributed by atoms with Gasteiger partial charge < -0.3 is 4.74 Å². The van der Waals surface area contributed by atoms with Gasteiger partial charge in [-0.2, -0.15) is 0 Å². The van der Waals surface area contributed by atoms with Crippen LogP contribution < -0.4 is 4.74 Å². The lowest BCUT2D eigenvalue weighted by atomic mass is 9.97. The van der Waals surface area contributed by atoms with Crippen LogP contribution in [0.4, 0.5) is 4.39 Å². The molecular formula is C20H21FN2OS. The molecule has 3 aromatic rings. The Kier molecular flexibility index (Phi) is 4.68. The van der Waals surface area contributed by atoms with Gasteiger partial charge in [0.2, 0.25) is 0 Å². The van der Waals surface area contributed by atoms with Crippen LogP contribution in [0.5, 0.6) is 5.75 Å². The molecule has 1 aliphatic heterocycles. The molecule has 1 aromatic heterocycles. The minimum Gasteiger partial charge on any atom is -0.494 e. The summed E-state index contributed by atoms with van der Waals surface area (Å²) in [5, 5.41) is 1.26. The lowest BCUT2D eigenvalue weighted by Crippen LogP contribution is -2.32. The van der Waals surface area contributed by atoms with Crippen LogP contribution in [0.15, 0.2) is 42.5 Å². The number of piperidine rings is 1. The maximum Gasteiger partial charge on any atom is 0.165 e. The average Bonchev–Trinajstić information content (AvgIpc) is 3.07. The van der Waals surface area contributed by atoms with E-state index >= 15 is 0 Å². The summed E-state index contributed by atoms with van der Waals surface area (Å²) in [4.78, 5) is 7.21. The predicted molar refractivity (Wildman–Crippen MR) is 99.8 cm³/mol. The van der Waals surface area contributed by atoms with Crippen LogP contribution in [0, 0.1) is 5.82 Å². The van der Waals surface area contributed by atoms with Gasteiger partial charge in [-0.1, -0.05) is 18.2 Å². The summed E-state index contributed by atoms with van der Waals surface area (Å²) < 4.78 is 20.1. The van der Waals surface area contributed by atoms with E-state index in [1.54, 1.807) is 12.1 Å². The van der Waals surface area contributed by atoms with Crippen molar-refractivity contribution in [3.8, 4) is 5.75 Å². The van der Waals surface area contributed by atoms with Gasteiger partial charge in [0.05, 0.1) is 22.3 Å². The van der Waals surface area contributed by atoms with E-state index < -0.39 is 0 Å². The number of hydrogen-bond acceptors (Lipinski definition) is 4. The molecule has 0 amide bonds. The third-order valence-electron chi connectivity index (χ3n) is 4.87. The number of aromatic nitrogens is 1. The summed E-state index contributed by atoms with van der Waals surface area (Å²) in [6.07, 6.45) is 2.22. The SMILES string of the molecule is COc1ccc(CN2CCC(c3nc4ccccc4s3)CC2)cc1F. The van der Waals surface area contributed by atoms with Crippen LogP contribution in [0.3, 0.4) is 0 Å². The molecule has 0 saturated carbocycles. The molecular weight excluding hydrogens is 335 g/mol. The summed E-state index contributed by atoms with van der Waals surface area (Å²) in [5.41, 5.74) is 2.11. The van der Waals surface area contributed by atoms with Crippen LogP contribution in [0.2, 0.25) is 0 Å². The van der Waals surface area contributed by atoms with Gasteiger partial charge in [-0.15, -0.1) is 11.3 Å². The second-order valence-electron chi connectivity index (χ2n) is 6.54. The predicted octanol–water partition coefficient (Wildman–Crippen LogP) is 4.82. The third kappa shape index (κ3) is 3.53. The summed E-state index contributed by atoms with van der Waals surface area (Å²) in [6, 6.07) is 13.6. The van der Waals surface area contributed by atoms with E-state index in [2.05, 4.69) is 23.1 Å². The van der Waals surface area contributed by atoms with E-state index in [9.17, 15) is 4.39 Å². The van der Waals surface area contributed by atoms with Gasteiger partial charge in [0, 0.05) is 12.5 Å². The zero-order valence-corrected chi connectivity index (χ0v) is 15.1. The van der Waals surface area contributed by atoms with Gasteiger partial charge >= 0.3 is 0 Å². The van der Waals surface area contributed by atoms with Crippen molar-refractivity contribution in [2.24, 2.45) is 0 Å². The molecule has 0 spiro atoms. The Morgan fingerprint density at radius 1 is 1.20 bits per heavy atom. The van der Waals surface area contributed by atoms with Gasteiger partial charge in [-0.25, -0.2) is 9.37 Å². The van der Waals surface area contributed by atoms with E-state index in [1.165, 1.54) is 16.8 Å². The van der Waals surface area contributed by atoms with Crippen LogP contribution in [0.1, 0.15) is 29.3 Å². The molecule has 1 saturated heterocycles. The van der Waals surface area contributed by atoms with Crippen LogP contribution in [-0.4, -0.2) is 30.1 Å². The molecule has 25 heavy (non-hydrogen) atoms. The fourth-order valence-corrected chi connectivity index (χ4v) is 4.61. The average molecular weight is 356 g/mol. The highest BCUT2D eigenvalue weighted by molar-refractivity contribution is 7.18. The molecule has 0 unspecified atom stereocenters. The fourth-order valence-electron chi connectivity index (χ4n) is 3.47. The number of rotatable bonds is 4. The zero-order valence-electron chi connectivity index (χ0n) is 14.2. The highest BCUT2D eigenvalue weighted by atomic mass is 32.1. The summed E-state index contributed by atoms with van der Waals surface area (Å²) in [7, 11) is 1.49. The number of fused-ring (bicyclic) bond motifs is 1. The quantitative estimate of drug-likeness (QED) is 0.670. The van der Waals surface area contributed by atoms with Gasteiger partial charge in [0.1, 0.15) is 0 Å². The number of hydrogen-bond donors (Lipinski definition) is 0. The summed E-state index contributed by atoms with van der Waals surface area (Å²) in [6.45, 7) is 2.83. The summed E-state index contributed by atoms with van der Waals surface area (Å²) >= 11 is 1.82. The van der Waals surface area contributed by atoms with Gasteiger partial charge in [-0.05, 0) is 55.8 Å². The minimum absolute atomic E-state index is 0.288. The van der Waals surface area contributed by atoms with Crippen molar-refractivity contribution in [2.45, 2.75) is 25.3 Å². The first-order chi connectivity index (χ1) is 12.2. The van der Waals surface area contributed by atoms with E-state index in [1.807, 2.05) is 23.5 Å². The second-order valence-corrected chi connectivity index (χ2v) is 7.60. The first-order valence-electron chi connectivity index (χ1n) is 8.63. The van der Waals surface area contributed by atoms with E-state index in [4.69, 9.17) is 9.72 Å². The molecule has 4 rings (SSSR count). The second kappa shape index (κ2) is 7.10. The van der Waals surface area contributed by atoms with Crippen LogP contribution >= 0.6 is 11.3 Å². The maximum absolute atomic E-state index is 13.8.